The van der Waals surface area contributed by atoms with E-state index in [0.717, 1.165) is 22.1 Å². The summed E-state index contributed by atoms with van der Waals surface area (Å²) in [6.07, 6.45) is 0. The highest BCUT2D eigenvalue weighted by Gasteiger charge is 2.13. The fraction of sp³-hybridized carbons (Fsp3) is 0.143. The molecule has 3 rings (SSSR count). The Morgan fingerprint density at radius 1 is 0.769 bits per heavy atom. The van der Waals surface area contributed by atoms with E-state index in [9.17, 15) is 9.59 Å². The van der Waals surface area contributed by atoms with Crippen LogP contribution in [0.5, 0.6) is 0 Å². The van der Waals surface area contributed by atoms with E-state index >= 15 is 0 Å². The molecule has 3 aromatic rings. The number of carbonyl (C=O) groups is 2. The number of benzene rings is 3. The van der Waals surface area contributed by atoms with Gasteiger partial charge in [-0.25, -0.2) is 0 Å². The maximum Gasteiger partial charge on any atom is 0.246 e. The number of hydrogen-bond acceptors (Lipinski definition) is 3. The van der Waals surface area contributed by atoms with Gasteiger partial charge >= 0.3 is 0 Å². The highest BCUT2D eigenvalue weighted by Crippen LogP contribution is 2.20. The summed E-state index contributed by atoms with van der Waals surface area (Å²) in [5.41, 5.74) is 2.20. The van der Waals surface area contributed by atoms with Gasteiger partial charge < -0.3 is 16.0 Å². The lowest BCUT2D eigenvalue weighted by molar-refractivity contribution is -0.116. The number of rotatable bonds is 5. The first-order valence-corrected chi connectivity index (χ1v) is 8.45. The van der Waals surface area contributed by atoms with Gasteiger partial charge in [-0.15, -0.1) is 0 Å². The van der Waals surface area contributed by atoms with Gasteiger partial charge in [0.2, 0.25) is 11.8 Å². The topological polar surface area (TPSA) is 70.2 Å². The molecule has 0 bridgehead atoms. The Kier molecular flexibility index (Phi) is 5.17. The number of amides is 2. The fourth-order valence-electron chi connectivity index (χ4n) is 2.72. The van der Waals surface area contributed by atoms with Gasteiger partial charge in [0.15, 0.2) is 0 Å². The Bertz CT molecular complexity index is 953. The highest BCUT2D eigenvalue weighted by atomic mass is 16.2. The molecule has 0 spiro atoms. The van der Waals surface area contributed by atoms with Gasteiger partial charge in [-0.2, -0.15) is 0 Å². The monoisotopic (exact) mass is 347 g/mol. The number of anilines is 3. The summed E-state index contributed by atoms with van der Waals surface area (Å²) in [6.45, 7) is 3.25. The second-order valence-corrected chi connectivity index (χ2v) is 6.18. The molecular weight excluding hydrogens is 326 g/mol. The first kappa shape index (κ1) is 17.5. The van der Waals surface area contributed by atoms with Crippen LogP contribution in [-0.4, -0.2) is 17.9 Å². The van der Waals surface area contributed by atoms with Gasteiger partial charge in [0.25, 0.3) is 0 Å². The van der Waals surface area contributed by atoms with Crippen molar-refractivity contribution in [3.8, 4) is 0 Å². The number of nitrogens with one attached hydrogen (secondary N) is 3. The van der Waals surface area contributed by atoms with Gasteiger partial charge in [0.1, 0.15) is 6.04 Å². The molecule has 0 saturated heterocycles. The summed E-state index contributed by atoms with van der Waals surface area (Å²) in [4.78, 5) is 23.6. The maximum absolute atomic E-state index is 12.5. The third-order valence-corrected chi connectivity index (χ3v) is 3.98. The summed E-state index contributed by atoms with van der Waals surface area (Å²) in [5.74, 6) is -0.269. The van der Waals surface area contributed by atoms with Crippen molar-refractivity contribution in [3.63, 3.8) is 0 Å². The van der Waals surface area contributed by atoms with Crippen LogP contribution < -0.4 is 16.0 Å². The molecule has 0 radical (unpaired) electrons. The summed E-state index contributed by atoms with van der Waals surface area (Å²) < 4.78 is 0. The van der Waals surface area contributed by atoms with E-state index in [4.69, 9.17) is 0 Å². The van der Waals surface area contributed by atoms with Crippen molar-refractivity contribution < 1.29 is 9.59 Å². The molecule has 5 nitrogen and oxygen atoms in total. The van der Waals surface area contributed by atoms with Gasteiger partial charge in [-0.05, 0) is 48.0 Å². The van der Waals surface area contributed by atoms with Crippen molar-refractivity contribution in [2.24, 2.45) is 0 Å². The van der Waals surface area contributed by atoms with Gasteiger partial charge in [0, 0.05) is 24.0 Å². The third-order valence-electron chi connectivity index (χ3n) is 3.98. The molecule has 0 aliphatic rings. The van der Waals surface area contributed by atoms with Crippen molar-refractivity contribution in [2.45, 2.75) is 19.9 Å². The van der Waals surface area contributed by atoms with E-state index in [1.54, 1.807) is 19.1 Å². The molecule has 132 valence electrons. The van der Waals surface area contributed by atoms with Crippen molar-refractivity contribution in [1.82, 2.24) is 0 Å². The minimum Gasteiger partial charge on any atom is -0.374 e. The minimum atomic E-state index is -0.436. The molecule has 1 atom stereocenters. The Balaban J connectivity index is 1.66. The van der Waals surface area contributed by atoms with Gasteiger partial charge in [-0.3, -0.25) is 9.59 Å². The molecule has 0 unspecified atom stereocenters. The largest absolute Gasteiger partial charge is 0.374 e. The first-order chi connectivity index (χ1) is 12.5. The van der Waals surface area contributed by atoms with E-state index in [2.05, 4.69) is 16.0 Å². The Morgan fingerprint density at radius 2 is 1.46 bits per heavy atom. The van der Waals surface area contributed by atoms with Crippen LogP contribution in [0.4, 0.5) is 17.1 Å². The van der Waals surface area contributed by atoms with E-state index in [0.29, 0.717) is 5.69 Å². The van der Waals surface area contributed by atoms with E-state index < -0.39 is 6.04 Å². The molecule has 3 aromatic carbocycles. The smallest absolute Gasteiger partial charge is 0.246 e. The fourth-order valence-corrected chi connectivity index (χ4v) is 2.72. The molecule has 0 heterocycles. The zero-order chi connectivity index (χ0) is 18.5. The summed E-state index contributed by atoms with van der Waals surface area (Å²) in [6, 6.07) is 20.7. The molecule has 0 aliphatic heterocycles. The Morgan fingerprint density at radius 3 is 2.23 bits per heavy atom. The van der Waals surface area contributed by atoms with Crippen LogP contribution in [0.15, 0.2) is 66.7 Å². The highest BCUT2D eigenvalue weighted by molar-refractivity contribution is 5.98. The molecule has 0 aliphatic carbocycles. The normalized spacial score (nSPS) is 11.6. The van der Waals surface area contributed by atoms with Crippen LogP contribution in [0.2, 0.25) is 0 Å². The molecule has 0 fully saturated rings. The number of hydrogen-bond donors (Lipinski definition) is 3. The van der Waals surface area contributed by atoms with Crippen LogP contribution in [0, 0.1) is 0 Å². The van der Waals surface area contributed by atoms with Crippen LogP contribution in [-0.2, 0) is 9.59 Å². The van der Waals surface area contributed by atoms with E-state index in [-0.39, 0.29) is 11.8 Å². The molecular formula is C21H21N3O2. The van der Waals surface area contributed by atoms with Crippen molar-refractivity contribution in [1.29, 1.82) is 0 Å². The SMILES string of the molecule is CC(=O)Nc1cccc(N[C@@H](C)C(=O)Nc2ccc3ccccc3c2)c1. The molecule has 3 N–H and O–H groups in total. The molecule has 0 saturated carbocycles. The predicted octanol–water partition coefficient (Wildman–Crippen LogP) is 4.24. The molecule has 5 heteroatoms. The Labute approximate surface area is 152 Å². The van der Waals surface area contributed by atoms with Crippen LogP contribution in [0.25, 0.3) is 10.8 Å². The summed E-state index contributed by atoms with van der Waals surface area (Å²) in [5, 5.41) is 11.0. The zero-order valence-corrected chi connectivity index (χ0v) is 14.7. The second-order valence-electron chi connectivity index (χ2n) is 6.18. The van der Waals surface area contributed by atoms with Gasteiger partial charge in [-0.1, -0.05) is 36.4 Å². The average Bonchev–Trinajstić information content (AvgIpc) is 2.61. The van der Waals surface area contributed by atoms with Crippen LogP contribution >= 0.6 is 0 Å². The van der Waals surface area contributed by atoms with E-state index in [1.807, 2.05) is 54.6 Å². The van der Waals surface area contributed by atoms with Crippen LogP contribution in [0.3, 0.4) is 0 Å². The first-order valence-electron chi connectivity index (χ1n) is 8.45. The maximum atomic E-state index is 12.5. The van der Waals surface area contributed by atoms with Crippen LogP contribution in [0.1, 0.15) is 13.8 Å². The average molecular weight is 347 g/mol. The quantitative estimate of drug-likeness (QED) is 0.646. The lowest BCUT2D eigenvalue weighted by Gasteiger charge is -2.16. The second kappa shape index (κ2) is 7.70. The molecule has 0 aromatic heterocycles. The van der Waals surface area contributed by atoms with Gasteiger partial charge in [0.05, 0.1) is 0 Å². The van der Waals surface area contributed by atoms with Crippen molar-refractivity contribution >= 4 is 39.6 Å². The van der Waals surface area contributed by atoms with E-state index in [1.165, 1.54) is 6.92 Å². The zero-order valence-electron chi connectivity index (χ0n) is 14.7. The van der Waals surface area contributed by atoms with Crippen molar-refractivity contribution in [2.75, 3.05) is 16.0 Å². The third kappa shape index (κ3) is 4.39. The predicted molar refractivity (Wildman–Crippen MR) is 106 cm³/mol. The number of fused-ring (bicyclic) bond motifs is 1. The lowest BCUT2D eigenvalue weighted by atomic mass is 10.1. The molecule has 26 heavy (non-hydrogen) atoms. The lowest BCUT2D eigenvalue weighted by Crippen LogP contribution is -2.31. The minimum absolute atomic E-state index is 0.134. The molecule has 2 amide bonds. The van der Waals surface area contributed by atoms with Crippen molar-refractivity contribution in [3.05, 3.63) is 66.7 Å². The summed E-state index contributed by atoms with van der Waals surface area (Å²) >= 11 is 0. The standard InChI is InChI=1S/C21H21N3O2/c1-14(22-18-8-5-9-19(13-18)23-15(2)25)21(26)24-20-11-10-16-6-3-4-7-17(16)12-20/h3-14,22H,1-2H3,(H,23,25)(H,24,26)/t14-/m0/s1. The Hall–Kier alpha value is -3.34. The summed E-state index contributed by atoms with van der Waals surface area (Å²) in [7, 11) is 0. The number of carbonyl (C=O) groups excluding carboxylic acids is 2.